The van der Waals surface area contributed by atoms with Gasteiger partial charge in [-0.05, 0) is 37.3 Å². The summed E-state index contributed by atoms with van der Waals surface area (Å²) in [6, 6.07) is 5.96. The molecule has 2 N–H and O–H groups in total. The summed E-state index contributed by atoms with van der Waals surface area (Å²) in [5, 5.41) is 0. The van der Waals surface area contributed by atoms with Crippen molar-refractivity contribution >= 4 is 5.69 Å². The van der Waals surface area contributed by atoms with Crippen LogP contribution in [0.25, 0.3) is 0 Å². The number of rotatable bonds is 5. The molecule has 0 saturated carbocycles. The number of methoxy groups -OCH3 is 1. The molecule has 1 aliphatic rings. The van der Waals surface area contributed by atoms with Crippen LogP contribution < -0.4 is 10.5 Å². The fourth-order valence-electron chi connectivity index (χ4n) is 3.12. The van der Waals surface area contributed by atoms with E-state index in [0.29, 0.717) is 5.41 Å². The third kappa shape index (κ3) is 3.03. The van der Waals surface area contributed by atoms with Gasteiger partial charge in [-0.15, -0.1) is 0 Å². The third-order valence-electron chi connectivity index (χ3n) is 4.72. The Labute approximate surface area is 116 Å². The molecule has 1 heterocycles. The van der Waals surface area contributed by atoms with Crippen molar-refractivity contribution in [3.8, 4) is 5.75 Å². The van der Waals surface area contributed by atoms with Crippen molar-refractivity contribution in [3.05, 3.63) is 23.8 Å². The summed E-state index contributed by atoms with van der Waals surface area (Å²) >= 11 is 0. The predicted octanol–water partition coefficient (Wildman–Crippen LogP) is 3.29. The van der Waals surface area contributed by atoms with E-state index in [0.717, 1.165) is 18.0 Å². The second-order valence-corrected chi connectivity index (χ2v) is 5.74. The van der Waals surface area contributed by atoms with Crippen LogP contribution in [-0.2, 0) is 6.54 Å². The van der Waals surface area contributed by atoms with E-state index in [-0.39, 0.29) is 0 Å². The molecule has 2 rings (SSSR count). The largest absolute Gasteiger partial charge is 0.496 e. The molecule has 0 bridgehead atoms. The SMILES string of the molecule is CCC1(CC)CCN(Cc2ccc(N)cc2OC)C1. The van der Waals surface area contributed by atoms with Crippen LogP contribution in [-0.4, -0.2) is 25.1 Å². The Bertz CT molecular complexity index is 427. The maximum atomic E-state index is 5.80. The molecule has 1 aromatic rings. The van der Waals surface area contributed by atoms with Crippen LogP contribution in [0.2, 0.25) is 0 Å². The van der Waals surface area contributed by atoms with Gasteiger partial charge in [0.15, 0.2) is 0 Å². The molecular weight excluding hydrogens is 236 g/mol. The van der Waals surface area contributed by atoms with Crippen molar-refractivity contribution in [3.63, 3.8) is 0 Å². The van der Waals surface area contributed by atoms with E-state index in [4.69, 9.17) is 10.5 Å². The van der Waals surface area contributed by atoms with Crippen molar-refractivity contribution in [2.45, 2.75) is 39.7 Å². The van der Waals surface area contributed by atoms with Gasteiger partial charge in [-0.25, -0.2) is 0 Å². The second-order valence-electron chi connectivity index (χ2n) is 5.74. The number of anilines is 1. The number of hydrogen-bond donors (Lipinski definition) is 1. The van der Waals surface area contributed by atoms with Crippen LogP contribution in [0, 0.1) is 5.41 Å². The van der Waals surface area contributed by atoms with E-state index in [2.05, 4.69) is 24.8 Å². The Kier molecular flexibility index (Phi) is 4.35. The molecule has 0 unspecified atom stereocenters. The number of nitrogens with two attached hydrogens (primary N) is 1. The van der Waals surface area contributed by atoms with E-state index < -0.39 is 0 Å². The highest BCUT2D eigenvalue weighted by Gasteiger charge is 2.34. The van der Waals surface area contributed by atoms with Gasteiger partial charge in [0.2, 0.25) is 0 Å². The van der Waals surface area contributed by atoms with Crippen molar-refractivity contribution < 1.29 is 4.74 Å². The van der Waals surface area contributed by atoms with Crippen LogP contribution in [0.5, 0.6) is 5.75 Å². The Morgan fingerprint density at radius 1 is 1.32 bits per heavy atom. The molecule has 0 atom stereocenters. The Balaban J connectivity index is 2.07. The minimum atomic E-state index is 0.529. The lowest BCUT2D eigenvalue weighted by Gasteiger charge is -2.26. The number of hydrogen-bond acceptors (Lipinski definition) is 3. The fourth-order valence-corrected chi connectivity index (χ4v) is 3.12. The van der Waals surface area contributed by atoms with Gasteiger partial charge in [0.1, 0.15) is 5.75 Å². The lowest BCUT2D eigenvalue weighted by Crippen LogP contribution is -2.26. The van der Waals surface area contributed by atoms with Crippen molar-refractivity contribution in [1.82, 2.24) is 4.90 Å². The van der Waals surface area contributed by atoms with Crippen molar-refractivity contribution in [2.75, 3.05) is 25.9 Å². The standard InChI is InChI=1S/C16H26N2O/c1-4-16(5-2)8-9-18(12-16)11-13-6-7-14(17)10-15(13)19-3/h6-7,10H,4-5,8-9,11-12,17H2,1-3H3. The molecule has 0 radical (unpaired) electrons. The molecule has 3 nitrogen and oxygen atoms in total. The quantitative estimate of drug-likeness (QED) is 0.828. The molecule has 19 heavy (non-hydrogen) atoms. The second kappa shape index (κ2) is 5.83. The lowest BCUT2D eigenvalue weighted by molar-refractivity contribution is 0.234. The average Bonchev–Trinajstić information content (AvgIpc) is 2.85. The zero-order valence-corrected chi connectivity index (χ0v) is 12.4. The smallest absolute Gasteiger partial charge is 0.125 e. The number of nitrogen functional groups attached to an aromatic ring is 1. The molecule has 0 amide bonds. The van der Waals surface area contributed by atoms with E-state index in [1.165, 1.54) is 37.9 Å². The van der Waals surface area contributed by atoms with Gasteiger partial charge in [-0.3, -0.25) is 4.90 Å². The zero-order chi connectivity index (χ0) is 13.9. The van der Waals surface area contributed by atoms with Gasteiger partial charge < -0.3 is 10.5 Å². The molecule has 1 aromatic carbocycles. The number of ether oxygens (including phenoxy) is 1. The van der Waals surface area contributed by atoms with Gasteiger partial charge in [-0.2, -0.15) is 0 Å². The lowest BCUT2D eigenvalue weighted by atomic mass is 9.82. The van der Waals surface area contributed by atoms with Crippen molar-refractivity contribution in [1.29, 1.82) is 0 Å². The van der Waals surface area contributed by atoms with E-state index >= 15 is 0 Å². The Hall–Kier alpha value is -1.22. The highest BCUT2D eigenvalue weighted by molar-refractivity contribution is 5.48. The Morgan fingerprint density at radius 3 is 2.63 bits per heavy atom. The topological polar surface area (TPSA) is 38.5 Å². The van der Waals surface area contributed by atoms with Gasteiger partial charge in [-0.1, -0.05) is 19.9 Å². The van der Waals surface area contributed by atoms with Crippen LogP contribution in [0.3, 0.4) is 0 Å². The summed E-state index contributed by atoms with van der Waals surface area (Å²) in [4.78, 5) is 2.54. The Morgan fingerprint density at radius 2 is 2.05 bits per heavy atom. The van der Waals surface area contributed by atoms with E-state index in [1.54, 1.807) is 7.11 Å². The summed E-state index contributed by atoms with van der Waals surface area (Å²) in [6.45, 7) is 7.99. The average molecular weight is 262 g/mol. The van der Waals surface area contributed by atoms with E-state index in [9.17, 15) is 0 Å². The summed E-state index contributed by atoms with van der Waals surface area (Å²) in [6.07, 6.45) is 3.87. The first-order chi connectivity index (χ1) is 9.12. The summed E-state index contributed by atoms with van der Waals surface area (Å²) in [5.41, 5.74) is 8.33. The van der Waals surface area contributed by atoms with Crippen LogP contribution in [0.4, 0.5) is 5.69 Å². The monoisotopic (exact) mass is 262 g/mol. The zero-order valence-electron chi connectivity index (χ0n) is 12.4. The predicted molar refractivity (Wildman–Crippen MR) is 80.3 cm³/mol. The van der Waals surface area contributed by atoms with Gasteiger partial charge in [0.05, 0.1) is 7.11 Å². The van der Waals surface area contributed by atoms with E-state index in [1.807, 2.05) is 12.1 Å². The summed E-state index contributed by atoms with van der Waals surface area (Å²) in [5.74, 6) is 0.908. The van der Waals surface area contributed by atoms with Crippen LogP contribution >= 0.6 is 0 Å². The van der Waals surface area contributed by atoms with Gasteiger partial charge >= 0.3 is 0 Å². The van der Waals surface area contributed by atoms with Gasteiger partial charge in [0, 0.05) is 30.4 Å². The molecule has 0 spiro atoms. The minimum absolute atomic E-state index is 0.529. The van der Waals surface area contributed by atoms with Crippen molar-refractivity contribution in [2.24, 2.45) is 5.41 Å². The van der Waals surface area contributed by atoms with Crippen LogP contribution in [0.1, 0.15) is 38.7 Å². The first-order valence-corrected chi connectivity index (χ1v) is 7.27. The molecule has 0 aliphatic carbocycles. The third-order valence-corrected chi connectivity index (χ3v) is 4.72. The first kappa shape index (κ1) is 14.2. The first-order valence-electron chi connectivity index (χ1n) is 7.27. The maximum absolute atomic E-state index is 5.80. The molecule has 106 valence electrons. The highest BCUT2D eigenvalue weighted by atomic mass is 16.5. The molecule has 1 aliphatic heterocycles. The minimum Gasteiger partial charge on any atom is -0.496 e. The molecule has 0 aromatic heterocycles. The fraction of sp³-hybridized carbons (Fsp3) is 0.625. The maximum Gasteiger partial charge on any atom is 0.125 e. The number of likely N-dealkylation sites (tertiary alicyclic amines) is 1. The van der Waals surface area contributed by atoms with Gasteiger partial charge in [0.25, 0.3) is 0 Å². The molecule has 1 fully saturated rings. The molecule has 1 saturated heterocycles. The summed E-state index contributed by atoms with van der Waals surface area (Å²) in [7, 11) is 1.71. The van der Waals surface area contributed by atoms with Crippen LogP contribution in [0.15, 0.2) is 18.2 Å². The molecule has 3 heteroatoms. The normalized spacial score (nSPS) is 18.7. The summed E-state index contributed by atoms with van der Waals surface area (Å²) < 4.78 is 5.43. The highest BCUT2D eigenvalue weighted by Crippen LogP contribution is 2.38. The number of benzene rings is 1. The molecular formula is C16H26N2O. The number of nitrogens with zero attached hydrogens (tertiary/aromatic N) is 1.